The molecule has 0 spiro atoms. The van der Waals surface area contributed by atoms with Crippen molar-refractivity contribution in [2.75, 3.05) is 11.9 Å². The molecule has 0 unspecified atom stereocenters. The van der Waals surface area contributed by atoms with Gasteiger partial charge in [0.2, 0.25) is 0 Å². The van der Waals surface area contributed by atoms with E-state index in [0.29, 0.717) is 11.5 Å². The fourth-order valence-corrected chi connectivity index (χ4v) is 3.50. The first-order valence-corrected chi connectivity index (χ1v) is 9.50. The highest BCUT2D eigenvalue weighted by molar-refractivity contribution is 5.92. The van der Waals surface area contributed by atoms with E-state index in [1.807, 2.05) is 43.1 Å². The van der Waals surface area contributed by atoms with Gasteiger partial charge in [0, 0.05) is 12.6 Å². The summed E-state index contributed by atoms with van der Waals surface area (Å²) in [5, 5.41) is 7.75. The molecule has 7 nitrogen and oxygen atoms in total. The van der Waals surface area contributed by atoms with Crippen LogP contribution in [0, 0.1) is 5.82 Å². The molecule has 0 radical (unpaired) electrons. The zero-order chi connectivity index (χ0) is 20.7. The van der Waals surface area contributed by atoms with Crippen LogP contribution in [0.2, 0.25) is 0 Å². The minimum Gasteiger partial charge on any atom is -0.352 e. The molecule has 2 aromatic carbocycles. The summed E-state index contributed by atoms with van der Waals surface area (Å²) in [6.45, 7) is 2.01. The summed E-state index contributed by atoms with van der Waals surface area (Å²) in [6, 6.07) is 12.4. The van der Waals surface area contributed by atoms with E-state index in [2.05, 4.69) is 25.1 Å². The number of anilines is 1. The first kappa shape index (κ1) is 18.1. The van der Waals surface area contributed by atoms with Gasteiger partial charge in [-0.2, -0.15) is 5.10 Å². The Kier molecular flexibility index (Phi) is 4.31. The third kappa shape index (κ3) is 3.12. The van der Waals surface area contributed by atoms with Gasteiger partial charge in [0.1, 0.15) is 18.0 Å². The van der Waals surface area contributed by atoms with Gasteiger partial charge in [-0.15, -0.1) is 0 Å². The van der Waals surface area contributed by atoms with Crippen molar-refractivity contribution in [2.45, 2.75) is 13.0 Å². The molecule has 0 bridgehead atoms. The van der Waals surface area contributed by atoms with Crippen molar-refractivity contribution in [2.24, 2.45) is 0 Å². The van der Waals surface area contributed by atoms with Crippen molar-refractivity contribution >= 4 is 27.9 Å². The molecule has 0 saturated carbocycles. The number of aromatic nitrogens is 6. The summed E-state index contributed by atoms with van der Waals surface area (Å²) >= 11 is 0. The van der Waals surface area contributed by atoms with Crippen molar-refractivity contribution < 1.29 is 4.39 Å². The Bertz CT molecular complexity index is 1360. The Morgan fingerprint density at radius 1 is 1.00 bits per heavy atom. The van der Waals surface area contributed by atoms with Gasteiger partial charge in [0.15, 0.2) is 5.65 Å². The van der Waals surface area contributed by atoms with Crippen LogP contribution < -0.4 is 4.90 Å². The Labute approximate surface area is 171 Å². The molecule has 0 amide bonds. The van der Waals surface area contributed by atoms with E-state index in [0.717, 1.165) is 33.2 Å². The molecule has 30 heavy (non-hydrogen) atoms. The number of aromatic amines is 1. The second-order valence-electron chi connectivity index (χ2n) is 7.13. The lowest BCUT2D eigenvalue weighted by Gasteiger charge is -2.26. The monoisotopic (exact) mass is 399 g/mol. The van der Waals surface area contributed by atoms with Gasteiger partial charge in [-0.05, 0) is 36.8 Å². The maximum absolute atomic E-state index is 13.6. The zero-order valence-corrected chi connectivity index (χ0v) is 16.4. The summed E-state index contributed by atoms with van der Waals surface area (Å²) < 4.78 is 13.6. The molecular weight excluding hydrogens is 381 g/mol. The molecule has 0 aliphatic carbocycles. The third-order valence-electron chi connectivity index (χ3n) is 5.32. The molecule has 3 aromatic heterocycles. The molecule has 3 heterocycles. The van der Waals surface area contributed by atoms with Gasteiger partial charge in [0.05, 0.1) is 40.5 Å². The highest BCUT2D eigenvalue weighted by Crippen LogP contribution is 2.28. The average Bonchev–Trinajstić information content (AvgIpc) is 3.26. The number of fused-ring (bicyclic) bond motifs is 2. The van der Waals surface area contributed by atoms with Gasteiger partial charge >= 0.3 is 0 Å². The Morgan fingerprint density at radius 2 is 1.90 bits per heavy atom. The fourth-order valence-electron chi connectivity index (χ4n) is 3.50. The minimum absolute atomic E-state index is 0.0536. The maximum atomic E-state index is 13.6. The van der Waals surface area contributed by atoms with E-state index in [1.165, 1.54) is 12.4 Å². The number of H-pyrrole nitrogens is 1. The van der Waals surface area contributed by atoms with Crippen LogP contribution in [0.1, 0.15) is 18.5 Å². The van der Waals surface area contributed by atoms with Crippen LogP contribution in [-0.4, -0.2) is 37.2 Å². The SMILES string of the molecule is C[C@H](c1cccc(F)c1)N(C)c1cnc2cc(-c3ncnc4[nH]ncc34)ccc2n1. The van der Waals surface area contributed by atoms with E-state index < -0.39 is 0 Å². The predicted octanol–water partition coefficient (Wildman–Crippen LogP) is 4.30. The summed E-state index contributed by atoms with van der Waals surface area (Å²) in [4.78, 5) is 19.9. The van der Waals surface area contributed by atoms with Crippen molar-refractivity contribution in [3.05, 3.63) is 72.6 Å². The summed E-state index contributed by atoms with van der Waals surface area (Å²) in [7, 11) is 1.93. The number of halogens is 1. The minimum atomic E-state index is -0.249. The van der Waals surface area contributed by atoms with E-state index in [-0.39, 0.29) is 11.9 Å². The second kappa shape index (κ2) is 7.14. The van der Waals surface area contributed by atoms with E-state index >= 15 is 0 Å². The molecule has 0 aliphatic rings. The Morgan fingerprint density at radius 3 is 2.77 bits per heavy atom. The smallest absolute Gasteiger partial charge is 0.159 e. The van der Waals surface area contributed by atoms with Gasteiger partial charge in [-0.1, -0.05) is 18.2 Å². The van der Waals surface area contributed by atoms with Crippen LogP contribution in [-0.2, 0) is 0 Å². The number of rotatable bonds is 4. The van der Waals surface area contributed by atoms with Crippen molar-refractivity contribution in [1.82, 2.24) is 30.1 Å². The first-order valence-electron chi connectivity index (χ1n) is 9.50. The predicted molar refractivity (Wildman–Crippen MR) is 113 cm³/mol. The van der Waals surface area contributed by atoms with Crippen LogP contribution >= 0.6 is 0 Å². The van der Waals surface area contributed by atoms with E-state index in [9.17, 15) is 4.39 Å². The lowest BCUT2D eigenvalue weighted by atomic mass is 10.1. The summed E-state index contributed by atoms with van der Waals surface area (Å²) in [5.41, 5.74) is 4.81. The Hall–Kier alpha value is -3.94. The molecule has 1 atom stereocenters. The lowest BCUT2D eigenvalue weighted by Crippen LogP contribution is -2.22. The number of benzene rings is 2. The third-order valence-corrected chi connectivity index (χ3v) is 5.32. The number of nitrogens with one attached hydrogen (secondary N) is 1. The lowest BCUT2D eigenvalue weighted by molar-refractivity contribution is 0.620. The van der Waals surface area contributed by atoms with Crippen molar-refractivity contribution in [3.8, 4) is 11.3 Å². The van der Waals surface area contributed by atoms with Crippen molar-refractivity contribution in [1.29, 1.82) is 0 Å². The molecule has 8 heteroatoms. The number of hydrogen-bond donors (Lipinski definition) is 1. The van der Waals surface area contributed by atoms with Gasteiger partial charge in [0.25, 0.3) is 0 Å². The first-order chi connectivity index (χ1) is 14.6. The highest BCUT2D eigenvalue weighted by atomic mass is 19.1. The largest absolute Gasteiger partial charge is 0.352 e. The summed E-state index contributed by atoms with van der Waals surface area (Å²) in [5.74, 6) is 0.465. The molecule has 148 valence electrons. The normalized spacial score (nSPS) is 12.4. The summed E-state index contributed by atoms with van der Waals surface area (Å²) in [6.07, 6.45) is 4.96. The molecule has 5 rings (SSSR count). The molecule has 0 fully saturated rings. The quantitative estimate of drug-likeness (QED) is 0.485. The molecule has 0 saturated heterocycles. The molecule has 0 aliphatic heterocycles. The van der Waals surface area contributed by atoms with E-state index in [4.69, 9.17) is 4.98 Å². The van der Waals surface area contributed by atoms with Crippen LogP contribution in [0.4, 0.5) is 10.2 Å². The zero-order valence-electron chi connectivity index (χ0n) is 16.4. The topological polar surface area (TPSA) is 83.5 Å². The van der Waals surface area contributed by atoms with Crippen LogP contribution in [0.5, 0.6) is 0 Å². The number of nitrogens with zero attached hydrogens (tertiary/aromatic N) is 6. The fraction of sp³-hybridized carbons (Fsp3) is 0.136. The maximum Gasteiger partial charge on any atom is 0.159 e. The van der Waals surface area contributed by atoms with Gasteiger partial charge in [-0.3, -0.25) is 10.1 Å². The van der Waals surface area contributed by atoms with Gasteiger partial charge < -0.3 is 4.90 Å². The van der Waals surface area contributed by atoms with Crippen LogP contribution in [0.25, 0.3) is 33.3 Å². The molecular formula is C22H18FN7. The van der Waals surface area contributed by atoms with Crippen LogP contribution in [0.3, 0.4) is 0 Å². The molecule has 5 aromatic rings. The van der Waals surface area contributed by atoms with E-state index in [1.54, 1.807) is 24.5 Å². The molecule has 1 N–H and O–H groups in total. The Balaban J connectivity index is 1.49. The average molecular weight is 399 g/mol. The second-order valence-corrected chi connectivity index (χ2v) is 7.13. The highest BCUT2D eigenvalue weighted by Gasteiger charge is 2.16. The van der Waals surface area contributed by atoms with Gasteiger partial charge in [-0.25, -0.2) is 19.3 Å². The van der Waals surface area contributed by atoms with Crippen molar-refractivity contribution in [3.63, 3.8) is 0 Å². The standard InChI is InChI=1S/C22H18FN7/c1-13(14-4-3-5-16(23)8-14)30(2)20-11-24-19-9-15(6-7-18(19)28-20)21-17-10-27-29-22(17)26-12-25-21/h3-13H,1-2H3,(H,25,26,27,29)/t13-/m1/s1. The van der Waals surface area contributed by atoms with Crippen LogP contribution in [0.15, 0.2) is 61.2 Å². The number of hydrogen-bond acceptors (Lipinski definition) is 6.